The van der Waals surface area contributed by atoms with Gasteiger partial charge in [-0.3, -0.25) is 4.79 Å². The monoisotopic (exact) mass is 259 g/mol. The number of ether oxygens (including phenoxy) is 1. The van der Waals surface area contributed by atoms with Crippen molar-refractivity contribution in [3.8, 4) is 5.75 Å². The van der Waals surface area contributed by atoms with Gasteiger partial charge in [-0.1, -0.05) is 19.9 Å². The van der Waals surface area contributed by atoms with Gasteiger partial charge < -0.3 is 9.64 Å². The van der Waals surface area contributed by atoms with E-state index in [2.05, 4.69) is 26.0 Å². The molecule has 19 heavy (non-hydrogen) atoms. The highest BCUT2D eigenvalue weighted by Crippen LogP contribution is 2.49. The number of carbonyl (C=O) groups is 1. The number of amides is 1. The Hall–Kier alpha value is -1.51. The average Bonchev–Trinajstić information content (AvgIpc) is 2.40. The molecular weight excluding hydrogens is 238 g/mol. The molecule has 1 aromatic rings. The first-order valence-electron chi connectivity index (χ1n) is 6.90. The van der Waals surface area contributed by atoms with Crippen LogP contribution < -0.4 is 4.74 Å². The number of piperidine rings is 1. The minimum atomic E-state index is -0.0591. The molecule has 1 saturated heterocycles. The van der Waals surface area contributed by atoms with Crippen molar-refractivity contribution in [3.05, 3.63) is 29.3 Å². The zero-order chi connectivity index (χ0) is 13.8. The van der Waals surface area contributed by atoms with Crippen molar-refractivity contribution in [3.63, 3.8) is 0 Å². The van der Waals surface area contributed by atoms with Crippen molar-refractivity contribution in [2.75, 3.05) is 14.2 Å². The van der Waals surface area contributed by atoms with Crippen LogP contribution in [0.4, 0.5) is 0 Å². The largest absolute Gasteiger partial charge is 0.497 e. The van der Waals surface area contributed by atoms with E-state index < -0.39 is 0 Å². The van der Waals surface area contributed by atoms with E-state index in [1.54, 1.807) is 7.11 Å². The maximum atomic E-state index is 12.2. The highest BCUT2D eigenvalue weighted by molar-refractivity contribution is 5.80. The molecule has 3 rings (SSSR count). The zero-order valence-corrected chi connectivity index (χ0v) is 12.1. The molecule has 0 N–H and O–H groups in total. The van der Waals surface area contributed by atoms with E-state index >= 15 is 0 Å². The van der Waals surface area contributed by atoms with Gasteiger partial charge in [-0.2, -0.15) is 0 Å². The van der Waals surface area contributed by atoms with Crippen LogP contribution in [-0.2, 0) is 16.6 Å². The number of hydrogen-bond donors (Lipinski definition) is 0. The lowest BCUT2D eigenvalue weighted by Crippen LogP contribution is -2.58. The SMILES string of the molecule is COc1ccc2c(c1)[C@]1(C)CC(=O)N(C)[C@H](C2)[C@H]1C. The molecule has 1 amide bonds. The van der Waals surface area contributed by atoms with E-state index in [9.17, 15) is 4.79 Å². The molecule has 0 unspecified atom stereocenters. The Balaban J connectivity index is 2.16. The first kappa shape index (κ1) is 12.5. The van der Waals surface area contributed by atoms with Gasteiger partial charge in [0.15, 0.2) is 0 Å². The van der Waals surface area contributed by atoms with Crippen molar-refractivity contribution >= 4 is 5.91 Å². The number of benzene rings is 1. The lowest BCUT2D eigenvalue weighted by molar-refractivity contribution is -0.141. The second-order valence-electron chi connectivity index (χ2n) is 6.18. The fraction of sp³-hybridized carbons (Fsp3) is 0.562. The topological polar surface area (TPSA) is 29.5 Å². The molecule has 0 saturated carbocycles. The Bertz CT molecular complexity index is 540. The van der Waals surface area contributed by atoms with Gasteiger partial charge in [0.05, 0.1) is 7.11 Å². The van der Waals surface area contributed by atoms with Crippen molar-refractivity contribution in [2.45, 2.75) is 38.1 Å². The summed E-state index contributed by atoms with van der Waals surface area (Å²) in [5.74, 6) is 1.63. The van der Waals surface area contributed by atoms with Crippen LogP contribution in [0.15, 0.2) is 18.2 Å². The van der Waals surface area contributed by atoms with Gasteiger partial charge in [0.2, 0.25) is 5.91 Å². The number of rotatable bonds is 1. The molecule has 0 aromatic heterocycles. The number of carbonyl (C=O) groups excluding carboxylic acids is 1. The lowest BCUT2D eigenvalue weighted by atomic mass is 9.59. The van der Waals surface area contributed by atoms with Crippen LogP contribution in [0.3, 0.4) is 0 Å². The fourth-order valence-corrected chi connectivity index (χ4v) is 3.82. The first-order valence-corrected chi connectivity index (χ1v) is 6.90. The van der Waals surface area contributed by atoms with E-state index in [-0.39, 0.29) is 11.3 Å². The molecule has 1 aliphatic carbocycles. The van der Waals surface area contributed by atoms with Gasteiger partial charge in [-0.15, -0.1) is 0 Å². The van der Waals surface area contributed by atoms with Crippen LogP contribution in [0.2, 0.25) is 0 Å². The molecule has 1 aliphatic heterocycles. The highest BCUT2D eigenvalue weighted by atomic mass is 16.5. The number of likely N-dealkylation sites (tertiary alicyclic amines) is 1. The molecule has 0 radical (unpaired) electrons. The summed E-state index contributed by atoms with van der Waals surface area (Å²) in [6, 6.07) is 6.64. The number of fused-ring (bicyclic) bond motifs is 4. The summed E-state index contributed by atoms with van der Waals surface area (Å²) in [5, 5.41) is 0. The molecule has 0 spiro atoms. The van der Waals surface area contributed by atoms with Crippen molar-refractivity contribution in [1.29, 1.82) is 0 Å². The number of likely N-dealkylation sites (N-methyl/N-ethyl adjacent to an activating group) is 1. The van der Waals surface area contributed by atoms with E-state index in [0.717, 1.165) is 12.2 Å². The Kier molecular flexibility index (Phi) is 2.63. The van der Waals surface area contributed by atoms with Crippen LogP contribution in [-0.4, -0.2) is 31.0 Å². The lowest BCUT2D eigenvalue weighted by Gasteiger charge is -2.53. The number of nitrogens with zero attached hydrogens (tertiary/aromatic N) is 1. The molecule has 1 heterocycles. The van der Waals surface area contributed by atoms with Crippen LogP contribution >= 0.6 is 0 Å². The van der Waals surface area contributed by atoms with Crippen molar-refractivity contribution in [1.82, 2.24) is 4.90 Å². The predicted octanol–water partition coefficient (Wildman–Crippen LogP) is 2.38. The van der Waals surface area contributed by atoms with E-state index in [4.69, 9.17) is 4.74 Å². The summed E-state index contributed by atoms with van der Waals surface area (Å²) in [6.07, 6.45) is 1.56. The van der Waals surface area contributed by atoms with E-state index in [1.165, 1.54) is 11.1 Å². The second-order valence-corrected chi connectivity index (χ2v) is 6.18. The molecule has 2 bridgehead atoms. The van der Waals surface area contributed by atoms with Crippen molar-refractivity contribution in [2.24, 2.45) is 5.92 Å². The second kappa shape index (κ2) is 3.99. The van der Waals surface area contributed by atoms with E-state index in [1.807, 2.05) is 18.0 Å². The third kappa shape index (κ3) is 1.60. The maximum absolute atomic E-state index is 12.2. The summed E-state index contributed by atoms with van der Waals surface area (Å²) >= 11 is 0. The zero-order valence-electron chi connectivity index (χ0n) is 12.1. The van der Waals surface area contributed by atoms with Gasteiger partial charge in [-0.05, 0) is 35.6 Å². The molecule has 3 nitrogen and oxygen atoms in total. The summed E-state index contributed by atoms with van der Waals surface area (Å²) in [4.78, 5) is 14.2. The summed E-state index contributed by atoms with van der Waals surface area (Å²) in [6.45, 7) is 4.50. The van der Waals surface area contributed by atoms with Gasteiger partial charge in [0.25, 0.3) is 0 Å². The normalized spacial score (nSPS) is 33.1. The Morgan fingerprint density at radius 2 is 2.16 bits per heavy atom. The summed E-state index contributed by atoms with van der Waals surface area (Å²) < 4.78 is 5.35. The molecule has 1 fully saturated rings. The first-order chi connectivity index (χ1) is 8.97. The van der Waals surface area contributed by atoms with E-state index in [0.29, 0.717) is 18.4 Å². The Morgan fingerprint density at radius 1 is 1.42 bits per heavy atom. The molecular formula is C16H21NO2. The quantitative estimate of drug-likeness (QED) is 0.775. The Labute approximate surface area is 114 Å². The molecule has 2 aliphatic rings. The fourth-order valence-electron chi connectivity index (χ4n) is 3.82. The summed E-state index contributed by atoms with van der Waals surface area (Å²) in [7, 11) is 3.64. The third-order valence-electron chi connectivity index (χ3n) is 5.35. The van der Waals surface area contributed by atoms with Crippen LogP contribution in [0, 0.1) is 5.92 Å². The van der Waals surface area contributed by atoms with Crippen LogP contribution in [0.25, 0.3) is 0 Å². The number of methoxy groups -OCH3 is 1. The van der Waals surface area contributed by atoms with Crippen molar-refractivity contribution < 1.29 is 9.53 Å². The van der Waals surface area contributed by atoms with Gasteiger partial charge in [-0.25, -0.2) is 0 Å². The molecule has 102 valence electrons. The summed E-state index contributed by atoms with van der Waals surface area (Å²) in [5.41, 5.74) is 2.61. The van der Waals surface area contributed by atoms with Crippen LogP contribution in [0.5, 0.6) is 5.75 Å². The van der Waals surface area contributed by atoms with Gasteiger partial charge in [0, 0.05) is 24.9 Å². The molecule has 3 heteroatoms. The maximum Gasteiger partial charge on any atom is 0.223 e. The van der Waals surface area contributed by atoms with Crippen LogP contribution in [0.1, 0.15) is 31.4 Å². The minimum Gasteiger partial charge on any atom is -0.497 e. The minimum absolute atomic E-state index is 0.0591. The Morgan fingerprint density at radius 3 is 2.84 bits per heavy atom. The average molecular weight is 259 g/mol. The van der Waals surface area contributed by atoms with Gasteiger partial charge in [0.1, 0.15) is 5.75 Å². The standard InChI is InChI=1S/C16H21NO2/c1-10-14-7-11-5-6-12(19-4)8-13(11)16(10,2)9-15(18)17(14)3/h5-6,8,10,14H,7,9H2,1-4H3/t10-,14-,16-/m1/s1. The number of hydrogen-bond acceptors (Lipinski definition) is 2. The smallest absolute Gasteiger partial charge is 0.223 e. The third-order valence-corrected chi connectivity index (χ3v) is 5.35. The molecule has 3 atom stereocenters. The predicted molar refractivity (Wildman–Crippen MR) is 74.4 cm³/mol. The van der Waals surface area contributed by atoms with Gasteiger partial charge >= 0.3 is 0 Å². The molecule has 1 aromatic carbocycles. The highest BCUT2D eigenvalue weighted by Gasteiger charge is 2.50.